The molecule has 0 radical (unpaired) electrons. The molecule has 0 aromatic heterocycles. The molecule has 0 spiro atoms. The van der Waals surface area contributed by atoms with E-state index < -0.39 is 23.8 Å². The van der Waals surface area contributed by atoms with Crippen molar-refractivity contribution in [1.29, 1.82) is 0 Å². The number of aliphatic hydroxyl groups excluding tert-OH is 2. The average Bonchev–Trinajstić information content (AvgIpc) is 3.32. The predicted molar refractivity (Wildman–Crippen MR) is 294 cm³/mol. The topological polar surface area (TPSA) is 123 Å². The van der Waals surface area contributed by atoms with Gasteiger partial charge in [-0.1, -0.05) is 172 Å². The van der Waals surface area contributed by atoms with Gasteiger partial charge >= 0.3 is 11.9 Å². The molecule has 8 heteroatoms. The first kappa shape index (κ1) is 58.5. The van der Waals surface area contributed by atoms with Crippen LogP contribution in [0.4, 0.5) is 0 Å². The fourth-order valence-electron chi connectivity index (χ4n) is 11.4. The van der Waals surface area contributed by atoms with Crippen molar-refractivity contribution in [2.24, 2.45) is 21.7 Å². The second-order valence-electron chi connectivity index (χ2n) is 23.0. The van der Waals surface area contributed by atoms with Crippen LogP contribution >= 0.6 is 0 Å². The first-order valence-corrected chi connectivity index (χ1v) is 27.7. The van der Waals surface area contributed by atoms with E-state index in [0.29, 0.717) is 18.6 Å². The molecule has 396 valence electrons. The summed E-state index contributed by atoms with van der Waals surface area (Å²) >= 11 is 0. The summed E-state index contributed by atoms with van der Waals surface area (Å²) in [4.78, 5) is 22.5. The second kappa shape index (κ2) is 29.5. The van der Waals surface area contributed by atoms with Gasteiger partial charge in [-0.05, 0) is 158 Å². The molecule has 4 aliphatic carbocycles. The van der Waals surface area contributed by atoms with E-state index in [1.807, 2.05) is 45.1 Å². The molecule has 4 fully saturated rings. The molecule has 4 aliphatic rings. The zero-order chi connectivity index (χ0) is 51.8. The Morgan fingerprint density at radius 1 is 0.625 bits per heavy atom. The van der Waals surface area contributed by atoms with Gasteiger partial charge in [0.1, 0.15) is 18.8 Å². The predicted octanol–water partition coefficient (Wildman–Crippen LogP) is 14.6. The number of esters is 1. The largest absolute Gasteiger partial charge is 0.480 e. The number of benzene rings is 2. The second-order valence-corrected chi connectivity index (χ2v) is 23.0. The number of allylic oxidation sites excluding steroid dienone is 8. The van der Waals surface area contributed by atoms with Crippen LogP contribution in [0.15, 0.2) is 133 Å². The standard InChI is InChI=1S/C35H52O4.C29H40O4/c1-33(2,3)39-32(37)28-38-27-20-30-17-8-10-21-34(30,4)22-11-9-18-31(36)19-26-35(24-13-25-35)23-12-16-29-14-6-5-7-15-29;1-28(17-7-5-14-25(28)16-22-33-23-27(31)32)18-8-6-15-26(30)29(20-10-21-29)19-9-13-24-11-3-2-4-12-24/h5-7,9,11,14-15,18,20,22,31,36H,8,10,12-13,16-17,19,21,23-28H2,1-4H3;2-4,6,8,11-12,15-16,18,26,30H,5,7,9-10,13-14,17,19-23H2,1H3,(H,31,32)/b18-9+,22-11+,30-20+;15-6+,18-8+,25-16+/t31?,34-;26?,28-/m00/s1. The van der Waals surface area contributed by atoms with Gasteiger partial charge < -0.3 is 29.5 Å². The number of hydrogen-bond donors (Lipinski definition) is 3. The third kappa shape index (κ3) is 20.2. The van der Waals surface area contributed by atoms with Crippen molar-refractivity contribution in [3.05, 3.63) is 144 Å². The van der Waals surface area contributed by atoms with Crippen LogP contribution in [0.1, 0.15) is 174 Å². The van der Waals surface area contributed by atoms with Gasteiger partial charge in [-0.25, -0.2) is 9.59 Å². The van der Waals surface area contributed by atoms with E-state index in [9.17, 15) is 19.8 Å². The lowest BCUT2D eigenvalue weighted by atomic mass is 9.62. The van der Waals surface area contributed by atoms with Gasteiger partial charge in [-0.3, -0.25) is 0 Å². The number of carbonyl (C=O) groups is 2. The van der Waals surface area contributed by atoms with E-state index >= 15 is 0 Å². The minimum atomic E-state index is -0.937. The lowest BCUT2D eigenvalue weighted by Crippen LogP contribution is -2.40. The van der Waals surface area contributed by atoms with Gasteiger partial charge in [0.05, 0.1) is 25.4 Å². The summed E-state index contributed by atoms with van der Waals surface area (Å²) in [7, 11) is 0. The summed E-state index contributed by atoms with van der Waals surface area (Å²) in [6.07, 6.45) is 45.3. The zero-order valence-corrected chi connectivity index (χ0v) is 45.0. The van der Waals surface area contributed by atoms with Crippen LogP contribution in [-0.4, -0.2) is 71.5 Å². The number of ether oxygens (including phenoxy) is 3. The fourth-order valence-corrected chi connectivity index (χ4v) is 11.4. The molecular weight excluding hydrogens is 897 g/mol. The number of carboxylic acid groups (broad SMARTS) is 1. The van der Waals surface area contributed by atoms with E-state index in [4.69, 9.17) is 19.3 Å². The molecule has 72 heavy (non-hydrogen) atoms. The van der Waals surface area contributed by atoms with E-state index in [1.54, 1.807) is 0 Å². The van der Waals surface area contributed by atoms with E-state index in [-0.39, 0.29) is 35.4 Å². The lowest BCUT2D eigenvalue weighted by molar-refractivity contribution is -0.159. The number of hydrogen-bond acceptors (Lipinski definition) is 7. The third-order valence-corrected chi connectivity index (χ3v) is 16.1. The van der Waals surface area contributed by atoms with Crippen molar-refractivity contribution < 1.29 is 39.1 Å². The molecule has 2 unspecified atom stereocenters. The molecule has 2 aromatic rings. The summed E-state index contributed by atoms with van der Waals surface area (Å²) in [5, 5.41) is 30.4. The van der Waals surface area contributed by atoms with Gasteiger partial charge in [0.2, 0.25) is 0 Å². The molecule has 0 bridgehead atoms. The monoisotopic (exact) mass is 989 g/mol. The summed E-state index contributed by atoms with van der Waals surface area (Å²) in [6.45, 7) is 10.6. The lowest BCUT2D eigenvalue weighted by Gasteiger charge is -2.45. The van der Waals surface area contributed by atoms with Crippen molar-refractivity contribution in [1.82, 2.24) is 0 Å². The first-order chi connectivity index (χ1) is 34.5. The van der Waals surface area contributed by atoms with E-state index in [0.717, 1.165) is 83.5 Å². The smallest absolute Gasteiger partial charge is 0.332 e. The van der Waals surface area contributed by atoms with E-state index in [2.05, 4.69) is 111 Å². The number of rotatable bonds is 26. The Kier molecular flexibility index (Phi) is 24.0. The molecular formula is C64H92O8. The fraction of sp³-hybridized carbons (Fsp3) is 0.594. The molecule has 4 saturated carbocycles. The highest BCUT2D eigenvalue weighted by atomic mass is 16.6. The highest BCUT2D eigenvalue weighted by molar-refractivity contribution is 5.71. The summed E-state index contributed by atoms with van der Waals surface area (Å²) in [5.41, 5.74) is 5.43. The van der Waals surface area contributed by atoms with Gasteiger partial charge in [0.25, 0.3) is 0 Å². The minimum absolute atomic E-state index is 0.0163. The molecule has 4 atom stereocenters. The molecule has 0 aliphatic heterocycles. The van der Waals surface area contributed by atoms with E-state index in [1.165, 1.54) is 80.1 Å². The first-order valence-electron chi connectivity index (χ1n) is 27.7. The Morgan fingerprint density at radius 3 is 1.62 bits per heavy atom. The van der Waals surface area contributed by atoms with Crippen molar-refractivity contribution in [3.8, 4) is 0 Å². The SMILES string of the molecule is CC(C)(C)OC(=O)COC/C=C1\CCCC[C@@]1(C)/C=C/C=C/C(O)CCC1(CCCc2ccccc2)CCC1.C[C@@]1(/C=C/C=C/C(O)C2(CCCc3ccccc3)CCC2)CCCC/C1=C\COCC(=O)O. The van der Waals surface area contributed by atoms with Gasteiger partial charge in [-0.15, -0.1) is 0 Å². The number of carbonyl (C=O) groups excluding carboxylic acids is 1. The van der Waals surface area contributed by atoms with Crippen molar-refractivity contribution in [3.63, 3.8) is 0 Å². The molecule has 8 nitrogen and oxygen atoms in total. The van der Waals surface area contributed by atoms with Gasteiger partial charge in [0, 0.05) is 10.8 Å². The summed E-state index contributed by atoms with van der Waals surface area (Å²) in [6, 6.07) is 21.4. The van der Waals surface area contributed by atoms with Crippen LogP contribution in [0.25, 0.3) is 0 Å². The van der Waals surface area contributed by atoms with Crippen molar-refractivity contribution in [2.75, 3.05) is 26.4 Å². The molecule has 0 saturated heterocycles. The van der Waals surface area contributed by atoms with Crippen LogP contribution in [0.5, 0.6) is 0 Å². The average molecular weight is 989 g/mol. The Bertz CT molecular complexity index is 2100. The van der Waals surface area contributed by atoms with Crippen LogP contribution in [0.3, 0.4) is 0 Å². The third-order valence-electron chi connectivity index (χ3n) is 16.1. The Labute approximate surface area is 434 Å². The highest BCUT2D eigenvalue weighted by Gasteiger charge is 2.41. The maximum atomic E-state index is 11.9. The van der Waals surface area contributed by atoms with Crippen LogP contribution < -0.4 is 0 Å². The number of aliphatic carboxylic acids is 1. The number of aryl methyl sites for hydroxylation is 2. The number of carboxylic acids is 1. The molecule has 0 amide bonds. The summed E-state index contributed by atoms with van der Waals surface area (Å²) < 4.78 is 16.1. The normalized spacial score (nSPS) is 24.0. The van der Waals surface area contributed by atoms with Crippen LogP contribution in [-0.2, 0) is 36.6 Å². The number of aliphatic hydroxyl groups is 2. The van der Waals surface area contributed by atoms with Gasteiger partial charge in [-0.2, -0.15) is 0 Å². The van der Waals surface area contributed by atoms with Crippen LogP contribution in [0.2, 0.25) is 0 Å². The Balaban J connectivity index is 0.000000271. The minimum Gasteiger partial charge on any atom is -0.480 e. The zero-order valence-electron chi connectivity index (χ0n) is 45.0. The maximum absolute atomic E-state index is 11.9. The quantitative estimate of drug-likeness (QED) is 0.0369. The van der Waals surface area contributed by atoms with Crippen LogP contribution in [0, 0.1) is 21.7 Å². The summed E-state index contributed by atoms with van der Waals surface area (Å²) in [5.74, 6) is -1.26. The molecule has 0 heterocycles. The molecule has 3 N–H and O–H groups in total. The molecule has 6 rings (SSSR count). The maximum Gasteiger partial charge on any atom is 0.332 e. The highest BCUT2D eigenvalue weighted by Crippen LogP contribution is 2.50. The van der Waals surface area contributed by atoms with Crippen molar-refractivity contribution >= 4 is 11.9 Å². The Morgan fingerprint density at radius 2 is 1.14 bits per heavy atom. The Hall–Kier alpha value is -4.34. The molecule has 2 aromatic carbocycles. The van der Waals surface area contributed by atoms with Gasteiger partial charge in [0.15, 0.2) is 0 Å². The van der Waals surface area contributed by atoms with Crippen molar-refractivity contribution in [2.45, 2.75) is 194 Å².